The molecular weight excluding hydrogens is 286 g/mol. The van der Waals surface area contributed by atoms with Gasteiger partial charge in [0.15, 0.2) is 0 Å². The third kappa shape index (κ3) is 4.02. The van der Waals surface area contributed by atoms with Crippen molar-refractivity contribution in [3.63, 3.8) is 0 Å². The fourth-order valence-corrected chi connectivity index (χ4v) is 2.22. The predicted molar refractivity (Wildman–Crippen MR) is 79.3 cm³/mol. The monoisotopic (exact) mass is 307 g/mol. The van der Waals surface area contributed by atoms with E-state index in [-0.39, 0.29) is 23.9 Å². The molecule has 0 aliphatic carbocycles. The summed E-state index contributed by atoms with van der Waals surface area (Å²) in [5.41, 5.74) is 4.86. The third-order valence-corrected chi connectivity index (χ3v) is 3.34. The van der Waals surface area contributed by atoms with Crippen LogP contribution in [0.5, 0.6) is 0 Å². The molecule has 22 heavy (non-hydrogen) atoms. The first-order valence-electron chi connectivity index (χ1n) is 7.21. The van der Waals surface area contributed by atoms with Crippen LogP contribution in [-0.2, 0) is 4.74 Å². The number of primary amides is 1. The average Bonchev–Trinajstić information content (AvgIpc) is 2.97. The summed E-state index contributed by atoms with van der Waals surface area (Å²) >= 11 is 0. The number of nitrogens with two attached hydrogens (primary N) is 1. The zero-order valence-electron chi connectivity index (χ0n) is 12.8. The molecule has 1 aromatic heterocycles. The summed E-state index contributed by atoms with van der Waals surface area (Å²) in [6.45, 7) is 3.83. The fourth-order valence-electron chi connectivity index (χ4n) is 2.22. The minimum Gasteiger partial charge on any atom is -0.389 e. The Labute approximate surface area is 128 Å². The molecule has 7 heteroatoms. The Morgan fingerprint density at radius 3 is 2.77 bits per heavy atom. The van der Waals surface area contributed by atoms with Gasteiger partial charge in [-0.05, 0) is 38.8 Å². The summed E-state index contributed by atoms with van der Waals surface area (Å²) in [5, 5.41) is 12.2. The Balaban J connectivity index is 2.27. The lowest BCUT2D eigenvalue weighted by Gasteiger charge is -2.18. The third-order valence-electron chi connectivity index (χ3n) is 3.34. The second-order valence-electron chi connectivity index (χ2n) is 5.99. The highest BCUT2D eigenvalue weighted by atomic mass is 16.5. The quantitative estimate of drug-likeness (QED) is 0.734. The lowest BCUT2D eigenvalue weighted by molar-refractivity contribution is 0.0689. The number of amides is 2. The molecule has 1 unspecified atom stereocenters. The largest absolute Gasteiger partial charge is 0.389 e. The van der Waals surface area contributed by atoms with Crippen molar-refractivity contribution in [3.05, 3.63) is 29.1 Å². The summed E-state index contributed by atoms with van der Waals surface area (Å²) < 4.78 is 5.54. The number of pyridine rings is 1. The standard InChI is InChI=1S/C15H21N3O4/c1-15(2,21)8-17-14(20)12-9(13(16)19)5-6-10(18-12)11-4-3-7-22-11/h5-6,11,21H,3-4,7-8H2,1-2H3,(H2,16,19)(H,17,20). The molecule has 1 aliphatic rings. The normalized spacial score (nSPS) is 18.2. The number of aliphatic hydroxyl groups is 1. The van der Waals surface area contributed by atoms with Gasteiger partial charge in [-0.2, -0.15) is 0 Å². The molecule has 1 saturated heterocycles. The van der Waals surface area contributed by atoms with E-state index in [9.17, 15) is 14.7 Å². The van der Waals surface area contributed by atoms with Gasteiger partial charge in [-0.1, -0.05) is 0 Å². The number of ether oxygens (including phenoxy) is 1. The van der Waals surface area contributed by atoms with Crippen LogP contribution in [0.4, 0.5) is 0 Å². The fraction of sp³-hybridized carbons (Fsp3) is 0.533. The molecule has 7 nitrogen and oxygen atoms in total. The number of nitrogens with one attached hydrogen (secondary N) is 1. The number of carbonyl (C=O) groups is 2. The van der Waals surface area contributed by atoms with Gasteiger partial charge < -0.3 is 20.9 Å². The van der Waals surface area contributed by atoms with Gasteiger partial charge in [-0.3, -0.25) is 9.59 Å². The second-order valence-corrected chi connectivity index (χ2v) is 5.99. The molecule has 1 atom stereocenters. The van der Waals surface area contributed by atoms with Gasteiger partial charge in [0.05, 0.1) is 23.0 Å². The van der Waals surface area contributed by atoms with Gasteiger partial charge in [0, 0.05) is 13.2 Å². The van der Waals surface area contributed by atoms with E-state index in [1.165, 1.54) is 6.07 Å². The zero-order chi connectivity index (χ0) is 16.3. The lowest BCUT2D eigenvalue weighted by Crippen LogP contribution is -2.39. The summed E-state index contributed by atoms with van der Waals surface area (Å²) in [5.74, 6) is -1.27. The maximum atomic E-state index is 12.3. The summed E-state index contributed by atoms with van der Waals surface area (Å²) in [6.07, 6.45) is 1.60. The van der Waals surface area contributed by atoms with Crippen molar-refractivity contribution in [1.82, 2.24) is 10.3 Å². The Kier molecular flexibility index (Phi) is 4.77. The van der Waals surface area contributed by atoms with E-state index in [0.29, 0.717) is 12.3 Å². The van der Waals surface area contributed by atoms with E-state index < -0.39 is 17.4 Å². The Morgan fingerprint density at radius 1 is 1.50 bits per heavy atom. The highest BCUT2D eigenvalue weighted by molar-refractivity contribution is 6.05. The van der Waals surface area contributed by atoms with E-state index in [1.54, 1.807) is 19.9 Å². The van der Waals surface area contributed by atoms with Crippen molar-refractivity contribution < 1.29 is 19.4 Å². The van der Waals surface area contributed by atoms with Gasteiger partial charge >= 0.3 is 0 Å². The molecule has 2 heterocycles. The summed E-state index contributed by atoms with van der Waals surface area (Å²) in [4.78, 5) is 28.0. The van der Waals surface area contributed by atoms with Gasteiger partial charge in [0.1, 0.15) is 5.69 Å². The molecule has 0 aromatic carbocycles. The first-order chi connectivity index (χ1) is 10.3. The van der Waals surface area contributed by atoms with Crippen molar-refractivity contribution >= 4 is 11.8 Å². The molecule has 120 valence electrons. The first-order valence-corrected chi connectivity index (χ1v) is 7.21. The molecule has 0 spiro atoms. The molecule has 2 rings (SSSR count). The maximum absolute atomic E-state index is 12.3. The van der Waals surface area contributed by atoms with Gasteiger partial charge in [0.2, 0.25) is 0 Å². The number of carbonyl (C=O) groups excluding carboxylic acids is 2. The van der Waals surface area contributed by atoms with Crippen molar-refractivity contribution in [2.75, 3.05) is 13.2 Å². The SMILES string of the molecule is CC(C)(O)CNC(=O)c1nc(C2CCCO2)ccc1C(N)=O. The van der Waals surface area contributed by atoms with Crippen molar-refractivity contribution in [2.24, 2.45) is 5.73 Å². The molecule has 0 saturated carbocycles. The van der Waals surface area contributed by atoms with Gasteiger partial charge in [0.25, 0.3) is 11.8 Å². The van der Waals surface area contributed by atoms with Crippen LogP contribution in [0.1, 0.15) is 59.3 Å². The summed E-state index contributed by atoms with van der Waals surface area (Å²) in [7, 11) is 0. The summed E-state index contributed by atoms with van der Waals surface area (Å²) in [6, 6.07) is 3.15. The van der Waals surface area contributed by atoms with Crippen LogP contribution < -0.4 is 11.1 Å². The molecule has 0 radical (unpaired) electrons. The molecule has 4 N–H and O–H groups in total. The van der Waals surface area contributed by atoms with Crippen LogP contribution in [0.3, 0.4) is 0 Å². The topological polar surface area (TPSA) is 115 Å². The predicted octanol–water partition coefficient (Wildman–Crippen LogP) is 0.533. The minimum absolute atomic E-state index is 0.0373. The van der Waals surface area contributed by atoms with Crippen LogP contribution in [0.2, 0.25) is 0 Å². The number of rotatable bonds is 5. The van der Waals surface area contributed by atoms with E-state index >= 15 is 0 Å². The molecular formula is C15H21N3O4. The molecule has 2 amide bonds. The van der Waals surface area contributed by atoms with Crippen LogP contribution in [0.15, 0.2) is 12.1 Å². The van der Waals surface area contributed by atoms with E-state index in [1.807, 2.05) is 0 Å². The van der Waals surface area contributed by atoms with Crippen LogP contribution in [0, 0.1) is 0 Å². The van der Waals surface area contributed by atoms with Crippen LogP contribution >= 0.6 is 0 Å². The molecule has 1 aliphatic heterocycles. The number of aromatic nitrogens is 1. The highest BCUT2D eigenvalue weighted by Gasteiger charge is 2.24. The molecule has 1 aromatic rings. The van der Waals surface area contributed by atoms with E-state index in [0.717, 1.165) is 12.8 Å². The van der Waals surface area contributed by atoms with E-state index in [4.69, 9.17) is 10.5 Å². The Morgan fingerprint density at radius 2 is 2.23 bits per heavy atom. The Hall–Kier alpha value is -1.99. The minimum atomic E-state index is -1.06. The average molecular weight is 307 g/mol. The van der Waals surface area contributed by atoms with Crippen molar-refractivity contribution in [1.29, 1.82) is 0 Å². The maximum Gasteiger partial charge on any atom is 0.270 e. The van der Waals surface area contributed by atoms with Gasteiger partial charge in [-0.25, -0.2) is 4.98 Å². The van der Waals surface area contributed by atoms with Crippen LogP contribution in [-0.4, -0.2) is 40.7 Å². The molecule has 0 bridgehead atoms. The highest BCUT2D eigenvalue weighted by Crippen LogP contribution is 2.27. The number of hydrogen-bond donors (Lipinski definition) is 3. The van der Waals surface area contributed by atoms with Gasteiger partial charge in [-0.15, -0.1) is 0 Å². The Bertz CT molecular complexity index is 575. The van der Waals surface area contributed by atoms with E-state index in [2.05, 4.69) is 10.3 Å². The smallest absolute Gasteiger partial charge is 0.270 e. The lowest BCUT2D eigenvalue weighted by atomic mass is 10.1. The first kappa shape index (κ1) is 16.4. The zero-order valence-corrected chi connectivity index (χ0v) is 12.8. The van der Waals surface area contributed by atoms with Crippen LogP contribution in [0.25, 0.3) is 0 Å². The molecule has 1 fully saturated rings. The number of hydrogen-bond acceptors (Lipinski definition) is 5. The van der Waals surface area contributed by atoms with Crippen molar-refractivity contribution in [2.45, 2.75) is 38.4 Å². The number of nitrogens with zero attached hydrogens (tertiary/aromatic N) is 1. The van der Waals surface area contributed by atoms with Crippen molar-refractivity contribution in [3.8, 4) is 0 Å². The second kappa shape index (κ2) is 6.41.